The van der Waals surface area contributed by atoms with Crippen LogP contribution in [0.25, 0.3) is 0 Å². The van der Waals surface area contributed by atoms with E-state index in [0.717, 1.165) is 0 Å². The lowest BCUT2D eigenvalue weighted by atomic mass is 9.94. The van der Waals surface area contributed by atoms with Crippen molar-refractivity contribution in [2.24, 2.45) is 0 Å². The highest BCUT2D eigenvalue weighted by Crippen LogP contribution is 2.35. The molecule has 196 valence electrons. The maximum atomic E-state index is 13.2. The molecule has 2 heterocycles. The predicted molar refractivity (Wildman–Crippen MR) is 143 cm³/mol. The lowest BCUT2D eigenvalue weighted by Gasteiger charge is -2.42. The molecule has 2 aliphatic heterocycles. The summed E-state index contributed by atoms with van der Waals surface area (Å²) < 4.78 is 5.40. The van der Waals surface area contributed by atoms with Crippen LogP contribution < -0.4 is 5.32 Å². The molecule has 0 saturated carbocycles. The molecule has 1 fully saturated rings. The van der Waals surface area contributed by atoms with Gasteiger partial charge in [0.15, 0.2) is 0 Å². The molecule has 10 heteroatoms. The minimum Gasteiger partial charge on any atom is -0.463 e. The molecular formula is C27H30Cl2N4O4. The van der Waals surface area contributed by atoms with Gasteiger partial charge in [0.25, 0.3) is 5.91 Å². The smallest absolute Gasteiger partial charge is 0.338 e. The lowest BCUT2D eigenvalue weighted by molar-refractivity contribution is -0.139. The number of urea groups is 1. The van der Waals surface area contributed by atoms with Crippen molar-refractivity contribution < 1.29 is 19.1 Å². The Labute approximate surface area is 226 Å². The highest BCUT2D eigenvalue weighted by Gasteiger charge is 2.39. The second kappa shape index (κ2) is 11.5. The van der Waals surface area contributed by atoms with Crippen LogP contribution in [0.1, 0.15) is 35.8 Å². The standard InChI is InChI=1S/C27H30Cl2N4O4/c1-4-37-26(35)23-22(31(3)27(36)30-24(23)20-7-5-6-8-21(20)29)16-32-13-14-33(17(2)15-32)25(34)18-9-11-19(28)12-10-18/h5-12,17,24H,4,13-16H2,1-3H3,(H,30,36)/t17-,24-/m0/s1. The van der Waals surface area contributed by atoms with Crippen molar-refractivity contribution in [2.45, 2.75) is 25.9 Å². The number of esters is 1. The first-order valence-electron chi connectivity index (χ1n) is 12.2. The fourth-order valence-electron chi connectivity index (χ4n) is 4.79. The van der Waals surface area contributed by atoms with Gasteiger partial charge in [0, 0.05) is 60.6 Å². The van der Waals surface area contributed by atoms with E-state index >= 15 is 0 Å². The summed E-state index contributed by atoms with van der Waals surface area (Å²) in [4.78, 5) is 44.7. The minimum absolute atomic E-state index is 0.0526. The van der Waals surface area contributed by atoms with E-state index in [2.05, 4.69) is 10.2 Å². The third kappa shape index (κ3) is 5.76. The average Bonchev–Trinajstić information content (AvgIpc) is 2.87. The number of piperazine rings is 1. The number of benzene rings is 2. The molecular weight excluding hydrogens is 515 g/mol. The molecule has 0 radical (unpaired) electrons. The highest BCUT2D eigenvalue weighted by atomic mass is 35.5. The first-order chi connectivity index (χ1) is 17.7. The van der Waals surface area contributed by atoms with Crippen molar-refractivity contribution >= 4 is 41.1 Å². The maximum Gasteiger partial charge on any atom is 0.338 e. The molecule has 0 unspecified atom stereocenters. The minimum atomic E-state index is -0.739. The summed E-state index contributed by atoms with van der Waals surface area (Å²) in [6.45, 7) is 5.93. The van der Waals surface area contributed by atoms with E-state index in [0.29, 0.717) is 58.6 Å². The van der Waals surface area contributed by atoms with Crippen molar-refractivity contribution in [3.05, 3.63) is 81.0 Å². The van der Waals surface area contributed by atoms with Crippen LogP contribution in [0.5, 0.6) is 0 Å². The van der Waals surface area contributed by atoms with Crippen molar-refractivity contribution in [1.29, 1.82) is 0 Å². The van der Waals surface area contributed by atoms with Gasteiger partial charge in [-0.05, 0) is 49.7 Å². The Morgan fingerprint density at radius 1 is 1.08 bits per heavy atom. The summed E-state index contributed by atoms with van der Waals surface area (Å²) in [5, 5.41) is 3.92. The Kier molecular flexibility index (Phi) is 8.42. The third-order valence-corrected chi connectivity index (χ3v) is 7.32. The van der Waals surface area contributed by atoms with Crippen LogP contribution in [-0.4, -0.2) is 78.5 Å². The van der Waals surface area contributed by atoms with Gasteiger partial charge in [-0.3, -0.25) is 14.6 Å². The second-order valence-corrected chi connectivity index (χ2v) is 9.98. The maximum absolute atomic E-state index is 13.2. The molecule has 0 aliphatic carbocycles. The van der Waals surface area contributed by atoms with Gasteiger partial charge >= 0.3 is 12.0 Å². The number of likely N-dealkylation sites (N-methyl/N-ethyl adjacent to an activating group) is 1. The number of carbonyl (C=O) groups excluding carboxylic acids is 3. The van der Waals surface area contributed by atoms with Gasteiger partial charge in [-0.15, -0.1) is 0 Å². The number of hydrogen-bond donors (Lipinski definition) is 1. The SMILES string of the molecule is CCOC(=O)C1=C(CN2CCN(C(=O)c3ccc(Cl)cc3)[C@@H](C)C2)N(C)C(=O)N[C@H]1c1ccccc1Cl. The van der Waals surface area contributed by atoms with Crippen LogP contribution in [0.3, 0.4) is 0 Å². The van der Waals surface area contributed by atoms with Gasteiger partial charge in [0.05, 0.1) is 18.2 Å². The Hall–Kier alpha value is -3.07. The summed E-state index contributed by atoms with van der Waals surface area (Å²) in [7, 11) is 1.64. The zero-order chi connectivity index (χ0) is 26.7. The van der Waals surface area contributed by atoms with Gasteiger partial charge in [-0.2, -0.15) is 0 Å². The summed E-state index contributed by atoms with van der Waals surface area (Å²) in [6, 6.07) is 12.8. The molecule has 4 rings (SSSR count). The highest BCUT2D eigenvalue weighted by molar-refractivity contribution is 6.31. The average molecular weight is 545 g/mol. The van der Waals surface area contributed by atoms with E-state index in [1.54, 1.807) is 56.4 Å². The molecule has 3 amide bonds. The van der Waals surface area contributed by atoms with E-state index < -0.39 is 12.0 Å². The first-order valence-corrected chi connectivity index (χ1v) is 12.9. The van der Waals surface area contributed by atoms with Crippen LogP contribution in [0.15, 0.2) is 59.8 Å². The van der Waals surface area contributed by atoms with Gasteiger partial charge in [0.2, 0.25) is 0 Å². The van der Waals surface area contributed by atoms with Gasteiger partial charge in [-0.25, -0.2) is 9.59 Å². The van der Waals surface area contributed by atoms with E-state index in [4.69, 9.17) is 27.9 Å². The zero-order valence-electron chi connectivity index (χ0n) is 21.0. The largest absolute Gasteiger partial charge is 0.463 e. The van der Waals surface area contributed by atoms with Gasteiger partial charge in [0.1, 0.15) is 0 Å². The molecule has 8 nitrogen and oxygen atoms in total. The van der Waals surface area contributed by atoms with E-state index in [1.807, 2.05) is 17.9 Å². The number of carbonyl (C=O) groups is 3. The number of rotatable bonds is 6. The Morgan fingerprint density at radius 3 is 2.43 bits per heavy atom. The summed E-state index contributed by atoms with van der Waals surface area (Å²) in [5.74, 6) is -0.554. The van der Waals surface area contributed by atoms with E-state index in [1.165, 1.54) is 4.90 Å². The molecule has 0 bridgehead atoms. The van der Waals surface area contributed by atoms with E-state index in [9.17, 15) is 14.4 Å². The summed E-state index contributed by atoms with van der Waals surface area (Å²) in [6.07, 6.45) is 0. The van der Waals surface area contributed by atoms with Crippen molar-refractivity contribution in [1.82, 2.24) is 20.0 Å². The number of hydrogen-bond acceptors (Lipinski definition) is 5. The number of ether oxygens (including phenoxy) is 1. The zero-order valence-corrected chi connectivity index (χ0v) is 22.6. The fraction of sp³-hybridized carbons (Fsp3) is 0.370. The van der Waals surface area contributed by atoms with E-state index in [-0.39, 0.29) is 24.6 Å². The normalized spacial score (nSPS) is 20.6. The Balaban J connectivity index is 1.60. The molecule has 0 spiro atoms. The summed E-state index contributed by atoms with van der Waals surface area (Å²) >= 11 is 12.4. The van der Waals surface area contributed by atoms with Crippen LogP contribution in [0.2, 0.25) is 10.0 Å². The van der Waals surface area contributed by atoms with Crippen LogP contribution >= 0.6 is 23.2 Å². The third-order valence-electron chi connectivity index (χ3n) is 6.73. The number of amides is 3. The molecule has 2 aromatic carbocycles. The van der Waals surface area contributed by atoms with Gasteiger partial charge in [-0.1, -0.05) is 41.4 Å². The molecule has 2 atom stereocenters. The number of nitrogens with one attached hydrogen (secondary N) is 1. The number of halogens is 2. The molecule has 2 aromatic rings. The van der Waals surface area contributed by atoms with Crippen LogP contribution in [-0.2, 0) is 9.53 Å². The van der Waals surface area contributed by atoms with Gasteiger partial charge < -0.3 is 15.0 Å². The Bertz CT molecular complexity index is 1220. The topological polar surface area (TPSA) is 82.2 Å². The predicted octanol–water partition coefficient (Wildman–Crippen LogP) is 4.35. The van der Waals surface area contributed by atoms with Crippen molar-refractivity contribution in [3.63, 3.8) is 0 Å². The summed E-state index contributed by atoms with van der Waals surface area (Å²) in [5.41, 5.74) is 2.11. The molecule has 0 aromatic heterocycles. The first kappa shape index (κ1) is 27.0. The Morgan fingerprint density at radius 2 is 1.78 bits per heavy atom. The van der Waals surface area contributed by atoms with Crippen molar-refractivity contribution in [3.8, 4) is 0 Å². The number of nitrogens with zero attached hydrogens (tertiary/aromatic N) is 3. The fourth-order valence-corrected chi connectivity index (χ4v) is 5.16. The molecule has 2 aliphatic rings. The van der Waals surface area contributed by atoms with Crippen LogP contribution in [0, 0.1) is 0 Å². The lowest BCUT2D eigenvalue weighted by Crippen LogP contribution is -2.56. The molecule has 37 heavy (non-hydrogen) atoms. The second-order valence-electron chi connectivity index (χ2n) is 9.13. The molecule has 1 saturated heterocycles. The van der Waals surface area contributed by atoms with Crippen molar-refractivity contribution in [2.75, 3.05) is 39.8 Å². The van der Waals surface area contributed by atoms with Crippen LogP contribution in [0.4, 0.5) is 4.79 Å². The monoisotopic (exact) mass is 544 g/mol. The molecule has 1 N–H and O–H groups in total. The quantitative estimate of drug-likeness (QED) is 0.546.